The Hall–Kier alpha value is -3.31. The van der Waals surface area contributed by atoms with E-state index in [0.29, 0.717) is 18.2 Å². The monoisotopic (exact) mass is 413 g/mol. The molecule has 0 amide bonds. The summed E-state index contributed by atoms with van der Waals surface area (Å²) in [5.41, 5.74) is 4.52. The normalized spacial score (nSPS) is 17.1. The highest BCUT2D eigenvalue weighted by Gasteiger charge is 2.26. The fourth-order valence-corrected chi connectivity index (χ4v) is 4.77. The molecule has 1 saturated heterocycles. The number of benzene rings is 3. The molecule has 1 atom stereocenters. The topological polar surface area (TPSA) is 61.4 Å². The van der Waals surface area contributed by atoms with Crippen LogP contribution in [0.1, 0.15) is 30.0 Å². The Kier molecular flexibility index (Phi) is 5.35. The summed E-state index contributed by atoms with van der Waals surface area (Å²) in [7, 11) is 1.65. The third kappa shape index (κ3) is 3.89. The maximum absolute atomic E-state index is 10.3. The molecule has 1 aliphatic rings. The van der Waals surface area contributed by atoms with E-state index < -0.39 is 0 Å². The number of rotatable bonds is 5. The first-order valence-corrected chi connectivity index (χ1v) is 10.8. The number of methoxy groups -OCH3 is 1. The van der Waals surface area contributed by atoms with Crippen LogP contribution in [0.4, 0.5) is 0 Å². The molecule has 5 nitrogen and oxygen atoms in total. The summed E-state index contributed by atoms with van der Waals surface area (Å²) in [5, 5.41) is 20.5. The maximum atomic E-state index is 10.3. The Morgan fingerprint density at radius 2 is 1.97 bits per heavy atom. The molecule has 0 aliphatic carbocycles. The van der Waals surface area contributed by atoms with E-state index in [1.165, 1.54) is 27.6 Å². The third-order valence-corrected chi connectivity index (χ3v) is 6.34. The predicted octanol–water partition coefficient (Wildman–Crippen LogP) is 5.32. The van der Waals surface area contributed by atoms with E-state index in [4.69, 9.17) is 4.74 Å². The molecule has 0 bridgehead atoms. The SMILES string of the molecule is COc1ccc(O)c(CN2CCCC(c3[nH]ncc3-c3cccc4ccccc34)C2)c1. The van der Waals surface area contributed by atoms with E-state index in [9.17, 15) is 5.11 Å². The van der Waals surface area contributed by atoms with Crippen LogP contribution in [0.25, 0.3) is 21.9 Å². The molecule has 5 rings (SSSR count). The van der Waals surface area contributed by atoms with Crippen molar-refractivity contribution in [3.8, 4) is 22.6 Å². The molecule has 4 aromatic rings. The number of aromatic hydroxyl groups is 1. The number of nitrogens with zero attached hydrogens (tertiary/aromatic N) is 2. The van der Waals surface area contributed by atoms with E-state index in [1.807, 2.05) is 12.3 Å². The minimum atomic E-state index is 0.320. The molecule has 2 N–H and O–H groups in total. The number of fused-ring (bicyclic) bond motifs is 1. The number of hydrogen-bond donors (Lipinski definition) is 2. The fraction of sp³-hybridized carbons (Fsp3) is 0.269. The Morgan fingerprint density at radius 3 is 2.87 bits per heavy atom. The molecular weight excluding hydrogens is 386 g/mol. The molecular formula is C26H27N3O2. The first-order chi connectivity index (χ1) is 15.2. The van der Waals surface area contributed by atoms with E-state index in [-0.39, 0.29) is 0 Å². The largest absolute Gasteiger partial charge is 0.508 e. The lowest BCUT2D eigenvalue weighted by atomic mass is 9.89. The highest BCUT2D eigenvalue weighted by Crippen LogP contribution is 2.37. The molecule has 158 valence electrons. The summed E-state index contributed by atoms with van der Waals surface area (Å²) in [4.78, 5) is 2.41. The second-order valence-corrected chi connectivity index (χ2v) is 8.29. The molecule has 0 radical (unpaired) electrons. The van der Waals surface area contributed by atoms with Crippen LogP contribution >= 0.6 is 0 Å². The molecule has 1 aliphatic heterocycles. The molecule has 2 heterocycles. The van der Waals surface area contributed by atoms with Crippen molar-refractivity contribution in [3.63, 3.8) is 0 Å². The number of piperidine rings is 1. The minimum absolute atomic E-state index is 0.320. The van der Waals surface area contributed by atoms with Crippen LogP contribution in [0.2, 0.25) is 0 Å². The molecule has 0 saturated carbocycles. The zero-order valence-electron chi connectivity index (χ0n) is 17.7. The predicted molar refractivity (Wildman–Crippen MR) is 123 cm³/mol. The summed E-state index contributed by atoms with van der Waals surface area (Å²) in [6, 6.07) is 20.4. The van der Waals surface area contributed by atoms with Crippen LogP contribution in [0.3, 0.4) is 0 Å². The van der Waals surface area contributed by atoms with Gasteiger partial charge in [-0.2, -0.15) is 5.10 Å². The molecule has 31 heavy (non-hydrogen) atoms. The van der Waals surface area contributed by atoms with Gasteiger partial charge in [0.1, 0.15) is 11.5 Å². The Labute approximate surface area is 182 Å². The summed E-state index contributed by atoms with van der Waals surface area (Å²) in [5.74, 6) is 1.46. The number of aromatic nitrogens is 2. The van der Waals surface area contributed by atoms with Crippen molar-refractivity contribution in [1.29, 1.82) is 0 Å². The number of ether oxygens (including phenoxy) is 1. The number of H-pyrrole nitrogens is 1. The first-order valence-electron chi connectivity index (χ1n) is 10.8. The summed E-state index contributed by atoms with van der Waals surface area (Å²) in [6.45, 7) is 2.65. The van der Waals surface area contributed by atoms with Gasteiger partial charge in [-0.05, 0) is 53.9 Å². The van der Waals surface area contributed by atoms with Gasteiger partial charge in [0, 0.05) is 35.8 Å². The van der Waals surface area contributed by atoms with Gasteiger partial charge in [-0.15, -0.1) is 0 Å². The summed E-state index contributed by atoms with van der Waals surface area (Å²) >= 11 is 0. The lowest BCUT2D eigenvalue weighted by molar-refractivity contribution is 0.196. The van der Waals surface area contributed by atoms with Gasteiger partial charge in [0.15, 0.2) is 0 Å². The lowest BCUT2D eigenvalue weighted by Crippen LogP contribution is -2.34. The van der Waals surface area contributed by atoms with Crippen LogP contribution in [0.15, 0.2) is 66.9 Å². The van der Waals surface area contributed by atoms with Crippen molar-refractivity contribution >= 4 is 10.8 Å². The van der Waals surface area contributed by atoms with Crippen molar-refractivity contribution in [1.82, 2.24) is 15.1 Å². The number of likely N-dealkylation sites (tertiary alicyclic amines) is 1. The highest BCUT2D eigenvalue weighted by molar-refractivity contribution is 5.97. The van der Waals surface area contributed by atoms with Gasteiger partial charge in [-0.1, -0.05) is 42.5 Å². The van der Waals surface area contributed by atoms with Crippen molar-refractivity contribution in [2.75, 3.05) is 20.2 Å². The molecule has 5 heteroatoms. The second-order valence-electron chi connectivity index (χ2n) is 8.29. The van der Waals surface area contributed by atoms with E-state index in [1.54, 1.807) is 19.2 Å². The first kappa shape index (κ1) is 19.6. The Bertz CT molecular complexity index is 1190. The van der Waals surface area contributed by atoms with Crippen molar-refractivity contribution in [2.45, 2.75) is 25.3 Å². The van der Waals surface area contributed by atoms with Crippen LogP contribution in [-0.2, 0) is 6.54 Å². The van der Waals surface area contributed by atoms with Crippen molar-refractivity contribution in [2.24, 2.45) is 0 Å². The average Bonchev–Trinajstić information content (AvgIpc) is 3.30. The van der Waals surface area contributed by atoms with Crippen LogP contribution in [0.5, 0.6) is 11.5 Å². The van der Waals surface area contributed by atoms with Gasteiger partial charge in [0.25, 0.3) is 0 Å². The van der Waals surface area contributed by atoms with Crippen LogP contribution in [-0.4, -0.2) is 40.4 Å². The number of hydrogen-bond acceptors (Lipinski definition) is 4. The number of nitrogens with one attached hydrogen (secondary N) is 1. The number of aromatic amines is 1. The molecule has 3 aromatic carbocycles. The van der Waals surface area contributed by atoms with E-state index in [0.717, 1.165) is 37.2 Å². The van der Waals surface area contributed by atoms with Crippen molar-refractivity contribution < 1.29 is 9.84 Å². The Morgan fingerprint density at radius 1 is 1.10 bits per heavy atom. The Balaban J connectivity index is 1.42. The third-order valence-electron chi connectivity index (χ3n) is 6.34. The minimum Gasteiger partial charge on any atom is -0.508 e. The average molecular weight is 414 g/mol. The molecule has 1 fully saturated rings. The summed E-state index contributed by atoms with van der Waals surface area (Å²) < 4.78 is 5.34. The van der Waals surface area contributed by atoms with Gasteiger partial charge in [-0.3, -0.25) is 10.00 Å². The number of phenolic OH excluding ortho intramolecular Hbond substituents is 1. The lowest BCUT2D eigenvalue weighted by Gasteiger charge is -2.33. The van der Waals surface area contributed by atoms with Gasteiger partial charge >= 0.3 is 0 Å². The van der Waals surface area contributed by atoms with Gasteiger partial charge in [-0.25, -0.2) is 0 Å². The summed E-state index contributed by atoms with van der Waals surface area (Å²) in [6.07, 6.45) is 4.20. The van der Waals surface area contributed by atoms with Crippen LogP contribution < -0.4 is 4.74 Å². The molecule has 1 aromatic heterocycles. The number of phenols is 1. The van der Waals surface area contributed by atoms with E-state index >= 15 is 0 Å². The fourth-order valence-electron chi connectivity index (χ4n) is 4.77. The molecule has 1 unspecified atom stereocenters. The zero-order valence-corrected chi connectivity index (χ0v) is 17.7. The smallest absolute Gasteiger partial charge is 0.120 e. The molecule has 0 spiro atoms. The van der Waals surface area contributed by atoms with E-state index in [2.05, 4.69) is 57.6 Å². The van der Waals surface area contributed by atoms with Gasteiger partial charge in [0.05, 0.1) is 13.3 Å². The maximum Gasteiger partial charge on any atom is 0.120 e. The van der Waals surface area contributed by atoms with Gasteiger partial charge < -0.3 is 9.84 Å². The quantitative estimate of drug-likeness (QED) is 0.465. The second kappa shape index (κ2) is 8.44. The standard InChI is InChI=1S/C26H27N3O2/c1-31-21-11-12-25(30)20(14-21)17-29-13-5-8-19(16-29)26-24(15-27-28-26)23-10-4-7-18-6-2-3-9-22(18)23/h2-4,6-7,9-12,14-15,19,30H,5,8,13,16-17H2,1H3,(H,27,28). The van der Waals surface area contributed by atoms with Crippen LogP contribution in [0, 0.1) is 0 Å². The zero-order chi connectivity index (χ0) is 21.2. The highest BCUT2D eigenvalue weighted by atomic mass is 16.5. The van der Waals surface area contributed by atoms with Gasteiger partial charge in [0.2, 0.25) is 0 Å². The van der Waals surface area contributed by atoms with Crippen molar-refractivity contribution in [3.05, 3.63) is 78.1 Å².